The number of para-hydroxylation sites is 1. The predicted octanol–water partition coefficient (Wildman–Crippen LogP) is 1.53. The van der Waals surface area contributed by atoms with Crippen molar-refractivity contribution in [3.8, 4) is 5.69 Å². The van der Waals surface area contributed by atoms with Crippen molar-refractivity contribution in [2.45, 2.75) is 26.4 Å². The lowest BCUT2D eigenvalue weighted by atomic mass is 10.1. The van der Waals surface area contributed by atoms with Gasteiger partial charge < -0.3 is 0 Å². The molecule has 0 radical (unpaired) electrons. The number of benzene rings is 1. The summed E-state index contributed by atoms with van der Waals surface area (Å²) in [4.78, 5) is 2.34. The lowest BCUT2D eigenvalue weighted by Gasteiger charge is -2.38. The Morgan fingerprint density at radius 3 is 2.61 bits per heavy atom. The summed E-state index contributed by atoms with van der Waals surface area (Å²) in [5.74, 6) is 0.876. The van der Waals surface area contributed by atoms with Gasteiger partial charge >= 0.3 is 0 Å². The minimum Gasteiger partial charge on any atom is -0.291 e. The molecular formula is C16H19N7. The molecule has 3 heterocycles. The zero-order chi connectivity index (χ0) is 15.8. The molecule has 0 aliphatic carbocycles. The smallest absolute Gasteiger partial charge is 0.170 e. The van der Waals surface area contributed by atoms with Crippen molar-refractivity contribution in [2.24, 2.45) is 0 Å². The van der Waals surface area contributed by atoms with Crippen molar-refractivity contribution in [1.29, 1.82) is 0 Å². The Balaban J connectivity index is 1.51. The molecule has 0 amide bonds. The molecule has 7 nitrogen and oxygen atoms in total. The molecule has 1 aliphatic rings. The summed E-state index contributed by atoms with van der Waals surface area (Å²) in [5, 5.41) is 16.6. The van der Waals surface area contributed by atoms with Crippen molar-refractivity contribution in [3.05, 3.63) is 53.6 Å². The van der Waals surface area contributed by atoms with Crippen LogP contribution in [0.15, 0.2) is 36.7 Å². The van der Waals surface area contributed by atoms with Crippen LogP contribution < -0.4 is 0 Å². The van der Waals surface area contributed by atoms with Crippen LogP contribution in [0.1, 0.15) is 23.0 Å². The Hall–Kier alpha value is -2.54. The van der Waals surface area contributed by atoms with Crippen molar-refractivity contribution in [2.75, 3.05) is 13.1 Å². The molecule has 0 bridgehead atoms. The summed E-state index contributed by atoms with van der Waals surface area (Å²) in [7, 11) is 0. The highest BCUT2D eigenvalue weighted by atomic mass is 15.6. The van der Waals surface area contributed by atoms with Gasteiger partial charge in [0.15, 0.2) is 5.82 Å². The molecule has 0 atom stereocenters. The molecule has 118 valence electrons. The zero-order valence-corrected chi connectivity index (χ0v) is 13.3. The van der Waals surface area contributed by atoms with E-state index in [1.54, 1.807) is 0 Å². The second kappa shape index (κ2) is 5.58. The van der Waals surface area contributed by atoms with Gasteiger partial charge in [0.05, 0.1) is 18.3 Å². The molecule has 1 saturated heterocycles. The first kappa shape index (κ1) is 14.1. The molecule has 4 rings (SSSR count). The first-order valence-electron chi connectivity index (χ1n) is 7.77. The van der Waals surface area contributed by atoms with E-state index in [1.165, 1.54) is 11.1 Å². The van der Waals surface area contributed by atoms with Crippen molar-refractivity contribution < 1.29 is 0 Å². The van der Waals surface area contributed by atoms with E-state index in [0.29, 0.717) is 6.04 Å². The Labute approximate surface area is 134 Å². The van der Waals surface area contributed by atoms with Crippen LogP contribution in [0.4, 0.5) is 0 Å². The number of aryl methyl sites for hydroxylation is 2. The van der Waals surface area contributed by atoms with E-state index in [2.05, 4.69) is 57.6 Å². The standard InChI is InChI=1S/C16H19N7/c1-12-5-3-6-13(2)16(12)23-15(18-19-20-23)11-21-9-14(10-21)22-8-4-7-17-22/h3-8,14H,9-11H2,1-2H3. The van der Waals surface area contributed by atoms with Crippen molar-refractivity contribution in [3.63, 3.8) is 0 Å². The fourth-order valence-electron chi connectivity index (χ4n) is 3.15. The third-order valence-electron chi connectivity index (χ3n) is 4.39. The maximum absolute atomic E-state index is 4.30. The van der Waals surface area contributed by atoms with E-state index >= 15 is 0 Å². The van der Waals surface area contributed by atoms with Gasteiger partial charge in [0.25, 0.3) is 0 Å². The summed E-state index contributed by atoms with van der Waals surface area (Å²) in [6.45, 7) is 6.87. The van der Waals surface area contributed by atoms with Crippen LogP contribution in [-0.2, 0) is 6.54 Å². The van der Waals surface area contributed by atoms with Gasteiger partial charge in [-0.1, -0.05) is 18.2 Å². The first-order valence-corrected chi connectivity index (χ1v) is 7.77. The quantitative estimate of drug-likeness (QED) is 0.731. The number of rotatable bonds is 4. The minimum absolute atomic E-state index is 0.453. The molecule has 0 saturated carbocycles. The van der Waals surface area contributed by atoms with E-state index < -0.39 is 0 Å². The van der Waals surface area contributed by atoms with Crippen LogP contribution in [0, 0.1) is 13.8 Å². The maximum atomic E-state index is 4.30. The lowest BCUT2D eigenvalue weighted by Crippen LogP contribution is -2.47. The summed E-state index contributed by atoms with van der Waals surface area (Å²) in [5.41, 5.74) is 3.44. The van der Waals surface area contributed by atoms with Gasteiger partial charge in [-0.25, -0.2) is 0 Å². The largest absolute Gasteiger partial charge is 0.291 e. The van der Waals surface area contributed by atoms with Crippen molar-refractivity contribution in [1.82, 2.24) is 34.9 Å². The molecule has 1 fully saturated rings. The van der Waals surface area contributed by atoms with Crippen LogP contribution >= 0.6 is 0 Å². The average Bonchev–Trinajstić information content (AvgIpc) is 3.14. The number of hydrogen-bond donors (Lipinski definition) is 0. The summed E-state index contributed by atoms with van der Waals surface area (Å²) >= 11 is 0. The fourth-order valence-corrected chi connectivity index (χ4v) is 3.15. The van der Waals surface area contributed by atoms with Gasteiger partial charge in [0, 0.05) is 25.5 Å². The lowest BCUT2D eigenvalue weighted by molar-refractivity contribution is 0.0873. The maximum Gasteiger partial charge on any atom is 0.170 e. The first-order chi connectivity index (χ1) is 11.2. The van der Waals surface area contributed by atoms with Crippen LogP contribution in [-0.4, -0.2) is 48.0 Å². The third kappa shape index (κ3) is 2.53. The predicted molar refractivity (Wildman–Crippen MR) is 85.2 cm³/mol. The molecule has 0 spiro atoms. The number of hydrogen-bond acceptors (Lipinski definition) is 5. The highest BCUT2D eigenvalue weighted by Gasteiger charge is 2.30. The van der Waals surface area contributed by atoms with Crippen LogP contribution in [0.3, 0.4) is 0 Å². The molecule has 3 aromatic rings. The van der Waals surface area contributed by atoms with Gasteiger partial charge in [-0.05, 0) is 41.5 Å². The van der Waals surface area contributed by atoms with Gasteiger partial charge in [-0.15, -0.1) is 5.10 Å². The van der Waals surface area contributed by atoms with Gasteiger partial charge in [0.2, 0.25) is 0 Å². The zero-order valence-electron chi connectivity index (χ0n) is 13.3. The van der Waals surface area contributed by atoms with Crippen LogP contribution in [0.2, 0.25) is 0 Å². The van der Waals surface area contributed by atoms with Crippen LogP contribution in [0.5, 0.6) is 0 Å². The van der Waals surface area contributed by atoms with E-state index in [-0.39, 0.29) is 0 Å². The third-order valence-corrected chi connectivity index (χ3v) is 4.39. The number of aromatic nitrogens is 6. The highest BCUT2D eigenvalue weighted by molar-refractivity contribution is 5.46. The van der Waals surface area contributed by atoms with E-state index in [9.17, 15) is 0 Å². The molecule has 7 heteroatoms. The molecule has 0 unspecified atom stereocenters. The monoisotopic (exact) mass is 309 g/mol. The van der Waals surface area contributed by atoms with Gasteiger partial charge in [-0.2, -0.15) is 9.78 Å². The Morgan fingerprint density at radius 1 is 1.13 bits per heavy atom. The Bertz CT molecular complexity index is 779. The van der Waals surface area contributed by atoms with E-state index in [0.717, 1.165) is 31.1 Å². The normalized spacial score (nSPS) is 15.7. The van der Waals surface area contributed by atoms with Gasteiger partial charge in [0.1, 0.15) is 0 Å². The topological polar surface area (TPSA) is 64.7 Å². The highest BCUT2D eigenvalue weighted by Crippen LogP contribution is 2.23. The molecule has 2 aromatic heterocycles. The summed E-state index contributed by atoms with van der Waals surface area (Å²) in [6, 6.07) is 8.65. The number of tetrazole rings is 1. The summed E-state index contributed by atoms with van der Waals surface area (Å²) in [6.07, 6.45) is 3.84. The average molecular weight is 309 g/mol. The number of likely N-dealkylation sites (tertiary alicyclic amines) is 1. The second-order valence-corrected chi connectivity index (χ2v) is 6.08. The Kier molecular flexibility index (Phi) is 3.42. The Morgan fingerprint density at radius 2 is 1.91 bits per heavy atom. The van der Waals surface area contributed by atoms with E-state index in [4.69, 9.17) is 0 Å². The van der Waals surface area contributed by atoms with E-state index in [1.807, 2.05) is 27.8 Å². The molecular weight excluding hydrogens is 290 g/mol. The number of nitrogens with zero attached hydrogens (tertiary/aromatic N) is 7. The molecule has 0 N–H and O–H groups in total. The van der Waals surface area contributed by atoms with Crippen LogP contribution in [0.25, 0.3) is 5.69 Å². The molecule has 1 aliphatic heterocycles. The summed E-state index contributed by atoms with van der Waals surface area (Å²) < 4.78 is 3.89. The molecule has 23 heavy (non-hydrogen) atoms. The molecule has 1 aromatic carbocycles. The van der Waals surface area contributed by atoms with Crippen molar-refractivity contribution >= 4 is 0 Å². The van der Waals surface area contributed by atoms with Gasteiger partial charge in [-0.3, -0.25) is 9.58 Å². The second-order valence-electron chi connectivity index (χ2n) is 6.08. The SMILES string of the molecule is Cc1cccc(C)c1-n1nnnc1CN1CC(n2cccn2)C1. The fraction of sp³-hybridized carbons (Fsp3) is 0.375. The minimum atomic E-state index is 0.453.